The number of nitrogens with zero attached hydrogens (tertiary/aromatic N) is 3. The SMILES string of the molecule is CCCNc1nc(Cl)nc(NCCc2ccc(F)cc2)n1. The molecule has 1 heterocycles. The summed E-state index contributed by atoms with van der Waals surface area (Å²) < 4.78 is 12.8. The minimum atomic E-state index is -0.234. The van der Waals surface area contributed by atoms with Gasteiger partial charge in [0.2, 0.25) is 17.2 Å². The zero-order valence-corrected chi connectivity index (χ0v) is 12.5. The third kappa shape index (κ3) is 5.15. The van der Waals surface area contributed by atoms with Crippen molar-refractivity contribution in [2.75, 3.05) is 23.7 Å². The smallest absolute Gasteiger partial charge is 0.228 e. The Morgan fingerprint density at radius 1 is 1.00 bits per heavy atom. The summed E-state index contributed by atoms with van der Waals surface area (Å²) in [6.45, 7) is 3.45. The van der Waals surface area contributed by atoms with E-state index in [1.807, 2.05) is 0 Å². The highest BCUT2D eigenvalue weighted by Gasteiger charge is 2.04. The second kappa shape index (κ2) is 7.73. The fraction of sp³-hybridized carbons (Fsp3) is 0.357. The molecule has 2 aromatic rings. The Hall–Kier alpha value is -1.95. The lowest BCUT2D eigenvalue weighted by molar-refractivity contribution is 0.627. The molecule has 1 aromatic carbocycles. The van der Waals surface area contributed by atoms with Crippen molar-refractivity contribution in [3.05, 3.63) is 40.9 Å². The molecule has 2 N–H and O–H groups in total. The fourth-order valence-electron chi connectivity index (χ4n) is 1.71. The van der Waals surface area contributed by atoms with E-state index >= 15 is 0 Å². The van der Waals surface area contributed by atoms with E-state index in [4.69, 9.17) is 11.6 Å². The van der Waals surface area contributed by atoms with Crippen LogP contribution in [0.1, 0.15) is 18.9 Å². The molecular formula is C14H17ClFN5. The van der Waals surface area contributed by atoms with E-state index in [0.717, 1.165) is 24.9 Å². The molecule has 0 spiro atoms. The van der Waals surface area contributed by atoms with Crippen molar-refractivity contribution in [1.82, 2.24) is 15.0 Å². The Morgan fingerprint density at radius 2 is 1.62 bits per heavy atom. The van der Waals surface area contributed by atoms with Gasteiger partial charge in [0, 0.05) is 13.1 Å². The summed E-state index contributed by atoms with van der Waals surface area (Å²) >= 11 is 5.86. The third-order valence-electron chi connectivity index (χ3n) is 2.75. The van der Waals surface area contributed by atoms with Gasteiger partial charge in [0.1, 0.15) is 5.82 Å². The Morgan fingerprint density at radius 3 is 2.24 bits per heavy atom. The van der Waals surface area contributed by atoms with Gasteiger partial charge in [0.15, 0.2) is 0 Å². The van der Waals surface area contributed by atoms with Crippen molar-refractivity contribution >= 4 is 23.5 Å². The Bertz CT molecular complexity index is 576. The molecule has 0 unspecified atom stereocenters. The second-order valence-corrected chi connectivity index (χ2v) is 4.82. The Kier molecular flexibility index (Phi) is 5.68. The van der Waals surface area contributed by atoms with Crippen molar-refractivity contribution in [2.24, 2.45) is 0 Å². The standard InChI is InChI=1S/C14H17ClFN5/c1-2-8-17-13-19-12(15)20-14(21-13)18-9-7-10-3-5-11(16)6-4-10/h3-6H,2,7-9H2,1H3,(H2,17,18,19,20,21). The molecule has 0 fully saturated rings. The molecule has 1 aromatic heterocycles. The molecule has 0 aliphatic rings. The van der Waals surface area contributed by atoms with Gasteiger partial charge in [-0.1, -0.05) is 19.1 Å². The minimum Gasteiger partial charge on any atom is -0.354 e. The number of rotatable bonds is 7. The van der Waals surface area contributed by atoms with Crippen molar-refractivity contribution in [2.45, 2.75) is 19.8 Å². The van der Waals surface area contributed by atoms with Crippen LogP contribution >= 0.6 is 11.6 Å². The Labute approximate surface area is 128 Å². The number of anilines is 2. The summed E-state index contributed by atoms with van der Waals surface area (Å²) in [7, 11) is 0. The first-order valence-corrected chi connectivity index (χ1v) is 7.19. The lowest BCUT2D eigenvalue weighted by Crippen LogP contribution is -2.11. The van der Waals surface area contributed by atoms with Gasteiger partial charge < -0.3 is 10.6 Å². The van der Waals surface area contributed by atoms with Crippen LogP contribution in [0.4, 0.5) is 16.3 Å². The molecule has 0 saturated heterocycles. The van der Waals surface area contributed by atoms with Crippen molar-refractivity contribution in [3.8, 4) is 0 Å². The number of halogens is 2. The average Bonchev–Trinajstić information content (AvgIpc) is 2.47. The summed E-state index contributed by atoms with van der Waals surface area (Å²) in [5, 5.41) is 6.29. The summed E-state index contributed by atoms with van der Waals surface area (Å²) in [6, 6.07) is 6.40. The molecule has 0 aliphatic carbocycles. The van der Waals surface area contributed by atoms with Gasteiger partial charge in [-0.2, -0.15) is 15.0 Å². The van der Waals surface area contributed by atoms with Crippen LogP contribution < -0.4 is 10.6 Å². The summed E-state index contributed by atoms with van der Waals surface area (Å²) in [5.41, 5.74) is 1.04. The lowest BCUT2D eigenvalue weighted by Gasteiger charge is -2.08. The number of hydrogen-bond acceptors (Lipinski definition) is 5. The zero-order valence-electron chi connectivity index (χ0n) is 11.7. The second-order valence-electron chi connectivity index (χ2n) is 4.48. The highest BCUT2D eigenvalue weighted by Crippen LogP contribution is 2.10. The summed E-state index contributed by atoms with van der Waals surface area (Å²) in [6.07, 6.45) is 1.71. The third-order valence-corrected chi connectivity index (χ3v) is 2.92. The van der Waals surface area contributed by atoms with Crippen LogP contribution in [0.2, 0.25) is 5.28 Å². The van der Waals surface area contributed by atoms with Gasteiger partial charge in [0.05, 0.1) is 0 Å². The molecule has 0 saturated carbocycles. The molecule has 21 heavy (non-hydrogen) atoms. The molecule has 2 rings (SSSR count). The first kappa shape index (κ1) is 15.4. The fourth-order valence-corrected chi connectivity index (χ4v) is 1.87. The van der Waals surface area contributed by atoms with Crippen LogP contribution in [0.3, 0.4) is 0 Å². The maximum absolute atomic E-state index is 12.8. The molecule has 0 atom stereocenters. The molecule has 0 radical (unpaired) electrons. The first-order chi connectivity index (χ1) is 10.2. The van der Waals surface area contributed by atoms with Crippen LogP contribution in [-0.4, -0.2) is 28.0 Å². The predicted octanol–water partition coefficient (Wildman–Crippen LogP) is 3.14. The molecule has 0 aliphatic heterocycles. The topological polar surface area (TPSA) is 62.7 Å². The van der Waals surface area contributed by atoms with Crippen LogP contribution in [-0.2, 0) is 6.42 Å². The highest BCUT2D eigenvalue weighted by molar-refractivity contribution is 6.28. The lowest BCUT2D eigenvalue weighted by atomic mass is 10.1. The van der Waals surface area contributed by atoms with Gasteiger partial charge in [-0.05, 0) is 42.1 Å². The van der Waals surface area contributed by atoms with Gasteiger partial charge >= 0.3 is 0 Å². The van der Waals surface area contributed by atoms with E-state index in [0.29, 0.717) is 18.4 Å². The summed E-state index contributed by atoms with van der Waals surface area (Å²) in [5.74, 6) is 0.652. The average molecular weight is 310 g/mol. The van der Waals surface area contributed by atoms with Gasteiger partial charge in [-0.15, -0.1) is 0 Å². The number of benzene rings is 1. The van der Waals surface area contributed by atoms with Crippen LogP contribution in [0.25, 0.3) is 0 Å². The number of aromatic nitrogens is 3. The minimum absolute atomic E-state index is 0.146. The van der Waals surface area contributed by atoms with Crippen molar-refractivity contribution in [3.63, 3.8) is 0 Å². The van der Waals surface area contributed by atoms with E-state index in [1.165, 1.54) is 12.1 Å². The van der Waals surface area contributed by atoms with Gasteiger partial charge in [-0.25, -0.2) is 4.39 Å². The Balaban J connectivity index is 1.90. The number of nitrogens with one attached hydrogen (secondary N) is 2. The van der Waals surface area contributed by atoms with Crippen LogP contribution in [0.15, 0.2) is 24.3 Å². The van der Waals surface area contributed by atoms with E-state index in [1.54, 1.807) is 12.1 Å². The zero-order chi connectivity index (χ0) is 15.1. The molecular weight excluding hydrogens is 293 g/mol. The van der Waals surface area contributed by atoms with Gasteiger partial charge in [-0.3, -0.25) is 0 Å². The summed E-state index contributed by atoms with van der Waals surface area (Å²) in [4.78, 5) is 12.2. The van der Waals surface area contributed by atoms with Crippen molar-refractivity contribution < 1.29 is 4.39 Å². The molecule has 0 amide bonds. The highest BCUT2D eigenvalue weighted by atomic mass is 35.5. The van der Waals surface area contributed by atoms with E-state index < -0.39 is 0 Å². The molecule has 5 nitrogen and oxygen atoms in total. The monoisotopic (exact) mass is 309 g/mol. The normalized spacial score (nSPS) is 10.4. The molecule has 0 bridgehead atoms. The van der Waals surface area contributed by atoms with Gasteiger partial charge in [0.25, 0.3) is 0 Å². The largest absolute Gasteiger partial charge is 0.354 e. The van der Waals surface area contributed by atoms with E-state index in [2.05, 4.69) is 32.5 Å². The maximum atomic E-state index is 12.8. The van der Waals surface area contributed by atoms with Crippen LogP contribution in [0, 0.1) is 5.82 Å². The van der Waals surface area contributed by atoms with E-state index in [-0.39, 0.29) is 11.1 Å². The first-order valence-electron chi connectivity index (χ1n) is 6.81. The van der Waals surface area contributed by atoms with E-state index in [9.17, 15) is 4.39 Å². The van der Waals surface area contributed by atoms with Crippen LogP contribution in [0.5, 0.6) is 0 Å². The quantitative estimate of drug-likeness (QED) is 0.822. The van der Waals surface area contributed by atoms with Crippen molar-refractivity contribution in [1.29, 1.82) is 0 Å². The number of hydrogen-bond donors (Lipinski definition) is 2. The molecule has 112 valence electrons. The predicted molar refractivity (Wildman–Crippen MR) is 82.2 cm³/mol. The maximum Gasteiger partial charge on any atom is 0.228 e. The molecule has 7 heteroatoms.